The van der Waals surface area contributed by atoms with Gasteiger partial charge in [-0.15, -0.1) is 0 Å². The summed E-state index contributed by atoms with van der Waals surface area (Å²) < 4.78 is 4.79. The smallest absolute Gasteiger partial charge is 0.337 e. The third-order valence-corrected chi connectivity index (χ3v) is 4.82. The number of para-hydroxylation sites is 1. The molecule has 2 N–H and O–H groups in total. The molecule has 26 heavy (non-hydrogen) atoms. The van der Waals surface area contributed by atoms with Crippen molar-refractivity contribution in [2.45, 2.75) is 13.0 Å². The number of aromatic hydroxyl groups is 1. The van der Waals surface area contributed by atoms with Crippen molar-refractivity contribution in [1.82, 2.24) is 9.88 Å². The number of amides is 1. The summed E-state index contributed by atoms with van der Waals surface area (Å²) in [6.07, 6.45) is 0.691. The maximum atomic E-state index is 12.8. The number of carbonyl (C=O) groups excluding carboxylic acids is 2. The summed E-state index contributed by atoms with van der Waals surface area (Å²) in [6.45, 7) is 0.990. The number of phenols is 1. The van der Waals surface area contributed by atoms with Crippen molar-refractivity contribution in [3.05, 3.63) is 64.8 Å². The van der Waals surface area contributed by atoms with Gasteiger partial charge in [0.25, 0.3) is 5.91 Å². The molecule has 4 rings (SSSR count). The van der Waals surface area contributed by atoms with E-state index in [2.05, 4.69) is 4.98 Å². The van der Waals surface area contributed by atoms with Crippen LogP contribution in [0.4, 0.5) is 0 Å². The molecule has 1 aromatic heterocycles. The molecule has 6 nitrogen and oxygen atoms in total. The molecule has 3 aromatic rings. The quantitative estimate of drug-likeness (QED) is 0.696. The van der Waals surface area contributed by atoms with E-state index in [0.29, 0.717) is 30.6 Å². The number of fused-ring (bicyclic) bond motifs is 3. The van der Waals surface area contributed by atoms with Crippen molar-refractivity contribution in [2.75, 3.05) is 13.7 Å². The maximum Gasteiger partial charge on any atom is 0.337 e. The lowest BCUT2D eigenvalue weighted by Gasteiger charge is -2.27. The van der Waals surface area contributed by atoms with Crippen LogP contribution in [0.2, 0.25) is 0 Å². The Morgan fingerprint density at radius 3 is 2.77 bits per heavy atom. The van der Waals surface area contributed by atoms with Gasteiger partial charge in [0, 0.05) is 41.7 Å². The number of ether oxygens (including phenoxy) is 1. The number of hydrogen-bond donors (Lipinski definition) is 2. The standard InChI is InChI=1S/C20H18N2O4/c1-26-20(25)12-6-7-16-14(10-12)15-11-22(9-8-17(15)21-16)19(24)13-4-2-3-5-18(13)23/h2-7,10,21,23H,8-9,11H2,1H3. The molecule has 0 saturated heterocycles. The van der Waals surface area contributed by atoms with E-state index in [1.54, 1.807) is 35.2 Å². The van der Waals surface area contributed by atoms with E-state index in [9.17, 15) is 14.7 Å². The molecule has 0 spiro atoms. The number of nitrogens with one attached hydrogen (secondary N) is 1. The number of aromatic nitrogens is 1. The minimum absolute atomic E-state index is 0.0183. The summed E-state index contributed by atoms with van der Waals surface area (Å²) in [5, 5.41) is 10.9. The number of phenolic OH excluding ortho intramolecular Hbond substituents is 1. The van der Waals surface area contributed by atoms with Crippen molar-refractivity contribution >= 4 is 22.8 Å². The molecule has 1 aliphatic heterocycles. The predicted molar refractivity (Wildman–Crippen MR) is 96.2 cm³/mol. The minimum Gasteiger partial charge on any atom is -0.507 e. The molecule has 0 unspecified atom stereocenters. The number of esters is 1. The average molecular weight is 350 g/mol. The molecule has 0 saturated carbocycles. The zero-order valence-corrected chi connectivity index (χ0v) is 14.3. The van der Waals surface area contributed by atoms with E-state index in [0.717, 1.165) is 22.2 Å². The minimum atomic E-state index is -0.389. The van der Waals surface area contributed by atoms with Crippen molar-refractivity contribution in [1.29, 1.82) is 0 Å². The Kier molecular flexibility index (Phi) is 3.88. The van der Waals surface area contributed by atoms with Gasteiger partial charge in [0.2, 0.25) is 0 Å². The third-order valence-electron chi connectivity index (χ3n) is 4.82. The van der Waals surface area contributed by atoms with Gasteiger partial charge in [0.05, 0.1) is 18.2 Å². The Morgan fingerprint density at radius 1 is 1.19 bits per heavy atom. The topological polar surface area (TPSA) is 82.6 Å². The molecule has 0 bridgehead atoms. The summed E-state index contributed by atoms with van der Waals surface area (Å²) in [5.74, 6) is -0.609. The molecule has 0 atom stereocenters. The second kappa shape index (κ2) is 6.22. The molecule has 0 radical (unpaired) electrons. The maximum absolute atomic E-state index is 12.8. The number of nitrogens with zero attached hydrogens (tertiary/aromatic N) is 1. The van der Waals surface area contributed by atoms with Crippen molar-refractivity contribution in [3.63, 3.8) is 0 Å². The van der Waals surface area contributed by atoms with Crippen molar-refractivity contribution in [2.24, 2.45) is 0 Å². The van der Waals surface area contributed by atoms with Gasteiger partial charge in [0.15, 0.2) is 0 Å². The van der Waals surface area contributed by atoms with Gasteiger partial charge in [-0.3, -0.25) is 4.79 Å². The van der Waals surface area contributed by atoms with Crippen molar-refractivity contribution < 1.29 is 19.4 Å². The normalized spacial score (nSPS) is 13.5. The molecule has 6 heteroatoms. The van der Waals surface area contributed by atoms with Crippen LogP contribution in [0.1, 0.15) is 32.0 Å². The lowest BCUT2D eigenvalue weighted by molar-refractivity contribution is 0.0600. The van der Waals surface area contributed by atoms with Crippen molar-refractivity contribution in [3.8, 4) is 5.75 Å². The number of H-pyrrole nitrogens is 1. The second-order valence-corrected chi connectivity index (χ2v) is 6.33. The molecule has 2 aromatic carbocycles. The van der Waals surface area contributed by atoms with E-state index in [4.69, 9.17) is 4.74 Å². The van der Waals surface area contributed by atoms with Gasteiger partial charge in [-0.1, -0.05) is 12.1 Å². The first-order valence-corrected chi connectivity index (χ1v) is 8.37. The van der Waals surface area contributed by atoms with E-state index in [-0.39, 0.29) is 17.6 Å². The number of rotatable bonds is 2. The molecular weight excluding hydrogens is 332 g/mol. The summed E-state index contributed by atoms with van der Waals surface area (Å²) in [5.41, 5.74) is 3.78. The highest BCUT2D eigenvalue weighted by Crippen LogP contribution is 2.30. The first-order chi connectivity index (χ1) is 12.6. The van der Waals surface area contributed by atoms with Crippen LogP contribution >= 0.6 is 0 Å². The monoisotopic (exact) mass is 350 g/mol. The van der Waals surface area contributed by atoms with E-state index in [1.165, 1.54) is 13.2 Å². The summed E-state index contributed by atoms with van der Waals surface area (Å²) >= 11 is 0. The highest BCUT2D eigenvalue weighted by molar-refractivity contribution is 5.98. The summed E-state index contributed by atoms with van der Waals surface area (Å²) in [4.78, 5) is 29.7. The number of hydrogen-bond acceptors (Lipinski definition) is 4. The first kappa shape index (κ1) is 16.2. The van der Waals surface area contributed by atoms with Gasteiger partial charge in [-0.05, 0) is 30.3 Å². The van der Waals surface area contributed by atoms with E-state index < -0.39 is 0 Å². The van der Waals surface area contributed by atoms with Gasteiger partial charge >= 0.3 is 5.97 Å². The highest BCUT2D eigenvalue weighted by Gasteiger charge is 2.26. The highest BCUT2D eigenvalue weighted by atomic mass is 16.5. The Balaban J connectivity index is 1.70. The zero-order valence-electron chi connectivity index (χ0n) is 14.3. The predicted octanol–water partition coefficient (Wildman–Crippen LogP) is 2.86. The largest absolute Gasteiger partial charge is 0.507 e. The van der Waals surface area contributed by atoms with Gasteiger partial charge in [0.1, 0.15) is 5.75 Å². The van der Waals surface area contributed by atoms with Crippen LogP contribution in [0.25, 0.3) is 10.9 Å². The van der Waals surface area contributed by atoms with Crippen LogP contribution in [-0.2, 0) is 17.7 Å². The van der Waals surface area contributed by atoms with Gasteiger partial charge in [-0.2, -0.15) is 0 Å². The molecule has 0 aliphatic carbocycles. The Labute approximate surface area is 150 Å². The van der Waals surface area contributed by atoms with Gasteiger partial charge < -0.3 is 19.7 Å². The molecule has 0 fully saturated rings. The van der Waals surface area contributed by atoms with Crippen LogP contribution in [0.3, 0.4) is 0 Å². The third kappa shape index (κ3) is 2.60. The molecule has 2 heterocycles. The summed E-state index contributed by atoms with van der Waals surface area (Å²) in [6, 6.07) is 11.9. The fourth-order valence-corrected chi connectivity index (χ4v) is 3.46. The number of carbonyl (C=O) groups is 2. The van der Waals surface area contributed by atoms with Crippen LogP contribution < -0.4 is 0 Å². The van der Waals surface area contributed by atoms with Crippen LogP contribution in [0, 0.1) is 0 Å². The van der Waals surface area contributed by atoms with Crippen LogP contribution in [0.15, 0.2) is 42.5 Å². The molecule has 1 aliphatic rings. The second-order valence-electron chi connectivity index (χ2n) is 6.33. The lowest BCUT2D eigenvalue weighted by atomic mass is 10.0. The number of aromatic amines is 1. The van der Waals surface area contributed by atoms with E-state index >= 15 is 0 Å². The average Bonchev–Trinajstić information content (AvgIpc) is 3.04. The molecular formula is C20H18N2O4. The SMILES string of the molecule is COC(=O)c1ccc2[nH]c3c(c2c1)CN(C(=O)c1ccccc1O)CC3. The lowest BCUT2D eigenvalue weighted by Crippen LogP contribution is -2.35. The Morgan fingerprint density at radius 2 is 2.00 bits per heavy atom. The number of benzene rings is 2. The first-order valence-electron chi connectivity index (χ1n) is 8.37. The molecule has 1 amide bonds. The fourth-order valence-electron chi connectivity index (χ4n) is 3.46. The summed E-state index contributed by atoms with van der Waals surface area (Å²) in [7, 11) is 1.35. The Bertz CT molecular complexity index is 1020. The van der Waals surface area contributed by atoms with Gasteiger partial charge in [-0.25, -0.2) is 4.79 Å². The van der Waals surface area contributed by atoms with Crippen LogP contribution in [-0.4, -0.2) is 40.5 Å². The fraction of sp³-hybridized carbons (Fsp3) is 0.200. The number of methoxy groups -OCH3 is 1. The zero-order chi connectivity index (χ0) is 18.3. The molecule has 132 valence electrons. The Hall–Kier alpha value is -3.28. The van der Waals surface area contributed by atoms with E-state index in [1.807, 2.05) is 6.07 Å². The van der Waals surface area contributed by atoms with Crippen LogP contribution in [0.5, 0.6) is 5.75 Å².